The molecular weight excluding hydrogens is 494 g/mol. The van der Waals surface area contributed by atoms with E-state index < -0.39 is 30.7 Å². The summed E-state index contributed by atoms with van der Waals surface area (Å²) in [6.45, 7) is 0.946. The minimum Gasteiger partial charge on any atom is -0.482 e. The molecule has 5 nitrogen and oxygen atoms in total. The van der Waals surface area contributed by atoms with E-state index in [1.54, 1.807) is 42.5 Å². The molecule has 0 bridgehead atoms. The number of aliphatic carboxylic acids is 1. The van der Waals surface area contributed by atoms with E-state index in [0.717, 1.165) is 11.1 Å². The third-order valence-corrected chi connectivity index (χ3v) is 6.67. The van der Waals surface area contributed by atoms with Crippen molar-refractivity contribution in [2.75, 3.05) is 6.61 Å². The minimum absolute atomic E-state index is 0.0873. The van der Waals surface area contributed by atoms with Crippen molar-refractivity contribution >= 4 is 35.0 Å². The van der Waals surface area contributed by atoms with Crippen molar-refractivity contribution < 1.29 is 28.6 Å². The normalized spacial score (nSPS) is 21.9. The summed E-state index contributed by atoms with van der Waals surface area (Å²) in [6, 6.07) is 18.2. The quantitative estimate of drug-likeness (QED) is 0.374. The van der Waals surface area contributed by atoms with Crippen molar-refractivity contribution in [3.05, 3.63) is 99.3 Å². The van der Waals surface area contributed by atoms with Gasteiger partial charge in [-0.25, -0.2) is 9.18 Å². The van der Waals surface area contributed by atoms with Crippen LogP contribution >= 0.6 is 23.2 Å². The molecule has 1 heterocycles. The zero-order chi connectivity index (χ0) is 25.1. The minimum atomic E-state index is -1.13. The van der Waals surface area contributed by atoms with Crippen molar-refractivity contribution in [2.24, 2.45) is 5.92 Å². The van der Waals surface area contributed by atoms with Gasteiger partial charge in [-0.3, -0.25) is 4.79 Å². The molecule has 0 radical (unpaired) electrons. The number of benzene rings is 3. The number of Topliss-reactive ketones (excluding diaryl/α,β-unsaturated/α-hetero) is 1. The first-order valence-corrected chi connectivity index (χ1v) is 11.8. The second-order valence-corrected chi connectivity index (χ2v) is 9.38. The average molecular weight is 517 g/mol. The molecule has 1 aliphatic rings. The van der Waals surface area contributed by atoms with Crippen LogP contribution in [-0.2, 0) is 14.3 Å². The lowest BCUT2D eigenvalue weighted by molar-refractivity contribution is -0.143. The van der Waals surface area contributed by atoms with E-state index in [4.69, 9.17) is 37.8 Å². The number of hydrogen-bond acceptors (Lipinski definition) is 4. The molecule has 3 aromatic rings. The van der Waals surface area contributed by atoms with Crippen molar-refractivity contribution in [2.45, 2.75) is 31.5 Å². The predicted molar refractivity (Wildman–Crippen MR) is 131 cm³/mol. The topological polar surface area (TPSA) is 72.8 Å². The Labute approximate surface area is 212 Å². The van der Waals surface area contributed by atoms with Crippen LogP contribution in [0.1, 0.15) is 48.2 Å². The van der Waals surface area contributed by atoms with Gasteiger partial charge in [-0.2, -0.15) is 0 Å². The van der Waals surface area contributed by atoms with Gasteiger partial charge in [0.15, 0.2) is 6.61 Å². The van der Waals surface area contributed by atoms with Crippen LogP contribution < -0.4 is 4.74 Å². The number of carbonyl (C=O) groups is 2. The number of carbonyl (C=O) groups excluding carboxylic acids is 1. The summed E-state index contributed by atoms with van der Waals surface area (Å²) in [5.41, 5.74) is 2.16. The number of hydrogen-bond donors (Lipinski definition) is 1. The van der Waals surface area contributed by atoms with Crippen LogP contribution in [0.25, 0.3) is 0 Å². The highest BCUT2D eigenvalue weighted by molar-refractivity contribution is 6.30. The molecule has 1 aliphatic heterocycles. The van der Waals surface area contributed by atoms with E-state index in [0.29, 0.717) is 22.0 Å². The molecule has 8 heteroatoms. The van der Waals surface area contributed by atoms with Crippen LogP contribution in [0.5, 0.6) is 5.75 Å². The summed E-state index contributed by atoms with van der Waals surface area (Å²) in [5.74, 6) is -2.09. The fraction of sp³-hybridized carbons (Fsp3) is 0.259. The Morgan fingerprint density at radius 1 is 0.971 bits per heavy atom. The van der Waals surface area contributed by atoms with Gasteiger partial charge in [-0.05, 0) is 66.9 Å². The van der Waals surface area contributed by atoms with Crippen molar-refractivity contribution in [3.8, 4) is 5.75 Å². The maximum atomic E-state index is 13.7. The fourth-order valence-electron chi connectivity index (χ4n) is 4.53. The van der Waals surface area contributed by atoms with E-state index in [9.17, 15) is 14.0 Å². The maximum Gasteiger partial charge on any atom is 0.341 e. The number of ether oxygens (including phenoxy) is 2. The smallest absolute Gasteiger partial charge is 0.341 e. The van der Waals surface area contributed by atoms with Gasteiger partial charge >= 0.3 is 5.97 Å². The number of carboxylic acid groups (broad SMARTS) is 1. The third-order valence-electron chi connectivity index (χ3n) is 6.18. The summed E-state index contributed by atoms with van der Waals surface area (Å²) < 4.78 is 25.8. The summed E-state index contributed by atoms with van der Waals surface area (Å²) in [4.78, 5) is 24.0. The Hall–Kier alpha value is -2.93. The zero-order valence-electron chi connectivity index (χ0n) is 18.8. The molecule has 1 N–H and O–H groups in total. The number of halogens is 3. The van der Waals surface area contributed by atoms with Gasteiger partial charge in [0.05, 0.1) is 12.2 Å². The van der Waals surface area contributed by atoms with Gasteiger partial charge in [-0.15, -0.1) is 0 Å². The molecule has 0 spiro atoms. The molecule has 182 valence electrons. The zero-order valence-corrected chi connectivity index (χ0v) is 20.3. The van der Waals surface area contributed by atoms with E-state index in [2.05, 4.69) is 0 Å². The maximum absolute atomic E-state index is 13.7. The first-order valence-electron chi connectivity index (χ1n) is 11.0. The Balaban J connectivity index is 1.80. The first kappa shape index (κ1) is 25.2. The first-order chi connectivity index (χ1) is 16.7. The highest BCUT2D eigenvalue weighted by Crippen LogP contribution is 2.52. The van der Waals surface area contributed by atoms with E-state index in [-0.39, 0.29) is 23.3 Å². The lowest BCUT2D eigenvalue weighted by atomic mass is 9.75. The Morgan fingerprint density at radius 2 is 1.60 bits per heavy atom. The van der Waals surface area contributed by atoms with Crippen molar-refractivity contribution in [1.82, 2.24) is 0 Å². The van der Waals surface area contributed by atoms with Crippen molar-refractivity contribution in [1.29, 1.82) is 0 Å². The summed E-state index contributed by atoms with van der Waals surface area (Å²) in [7, 11) is 0. The fourth-order valence-corrected chi connectivity index (χ4v) is 4.84. The van der Waals surface area contributed by atoms with Gasteiger partial charge < -0.3 is 14.6 Å². The Bertz CT molecular complexity index is 1210. The predicted octanol–water partition coefficient (Wildman–Crippen LogP) is 6.79. The molecule has 3 aromatic carbocycles. The lowest BCUT2D eigenvalue weighted by Crippen LogP contribution is -2.34. The molecule has 1 saturated heterocycles. The van der Waals surface area contributed by atoms with E-state index >= 15 is 0 Å². The molecule has 0 aromatic heterocycles. The van der Waals surface area contributed by atoms with Crippen LogP contribution in [0.4, 0.5) is 4.39 Å². The van der Waals surface area contributed by atoms with Gasteiger partial charge in [0.1, 0.15) is 17.3 Å². The van der Waals surface area contributed by atoms with Crippen molar-refractivity contribution in [3.63, 3.8) is 0 Å². The third kappa shape index (κ3) is 5.84. The molecule has 0 amide bonds. The highest BCUT2D eigenvalue weighted by Gasteiger charge is 2.43. The van der Waals surface area contributed by atoms with Crippen LogP contribution in [0.15, 0.2) is 66.7 Å². The molecular formula is C27H23Cl2FO5. The second-order valence-electron chi connectivity index (χ2n) is 8.50. The van der Waals surface area contributed by atoms with Crippen LogP contribution in [0.2, 0.25) is 10.0 Å². The Kier molecular flexibility index (Phi) is 7.75. The number of rotatable bonds is 7. The summed E-state index contributed by atoms with van der Waals surface area (Å²) >= 11 is 12.4. The standard InChI is InChI=1S/C27H23Cl2FO5/c1-15(31)21-13-22(16-2-6-18(28)7-3-16)26(17-4-9-20(30)10-5-17)35-27(21)23-12-19(29)8-11-24(23)34-14-25(32)33/h2-12,21-22,26-27H,13-14H2,1H3,(H,32,33)/t21-,22-,26+,27+/m0/s1. The SMILES string of the molecule is CC(=O)[C@@H]1C[C@@H](c2ccc(Cl)cc2)[C@@H](c2ccc(F)cc2)O[C@H]1c1cc(Cl)ccc1OCC(=O)O. The summed E-state index contributed by atoms with van der Waals surface area (Å²) in [5, 5.41) is 10.1. The van der Waals surface area contributed by atoms with Crippen LogP contribution in [-0.4, -0.2) is 23.5 Å². The molecule has 0 aliphatic carbocycles. The highest BCUT2D eigenvalue weighted by atomic mass is 35.5. The molecule has 0 unspecified atom stereocenters. The monoisotopic (exact) mass is 516 g/mol. The van der Waals surface area contributed by atoms with Crippen LogP contribution in [0.3, 0.4) is 0 Å². The molecule has 4 rings (SSSR count). The molecule has 1 fully saturated rings. The second kappa shape index (κ2) is 10.8. The van der Waals surface area contributed by atoms with Gasteiger partial charge in [0.25, 0.3) is 0 Å². The summed E-state index contributed by atoms with van der Waals surface area (Å²) in [6.07, 6.45) is -0.841. The molecule has 35 heavy (non-hydrogen) atoms. The average Bonchev–Trinajstić information content (AvgIpc) is 2.83. The van der Waals surface area contributed by atoms with Gasteiger partial charge in [-0.1, -0.05) is 47.5 Å². The largest absolute Gasteiger partial charge is 0.482 e. The van der Waals surface area contributed by atoms with E-state index in [1.165, 1.54) is 19.1 Å². The number of ketones is 1. The Morgan fingerprint density at radius 3 is 2.23 bits per heavy atom. The molecule has 0 saturated carbocycles. The van der Waals surface area contributed by atoms with Gasteiger partial charge in [0, 0.05) is 27.4 Å². The molecule has 4 atom stereocenters. The number of carboxylic acids is 1. The van der Waals surface area contributed by atoms with E-state index in [1.807, 2.05) is 12.1 Å². The van der Waals surface area contributed by atoms with Crippen LogP contribution in [0, 0.1) is 11.7 Å². The van der Waals surface area contributed by atoms with Gasteiger partial charge in [0.2, 0.25) is 0 Å². The lowest BCUT2D eigenvalue weighted by Gasteiger charge is -2.42.